The molecule has 2 aromatic carbocycles. The van der Waals surface area contributed by atoms with Crippen LogP contribution in [0.2, 0.25) is 0 Å². The number of ether oxygens (including phenoxy) is 2. The van der Waals surface area contributed by atoms with Crippen molar-refractivity contribution >= 4 is 33.2 Å². The summed E-state index contributed by atoms with van der Waals surface area (Å²) in [7, 11) is -3.19. The zero-order valence-electron chi connectivity index (χ0n) is 23.2. The number of benzene rings is 2. The van der Waals surface area contributed by atoms with Gasteiger partial charge in [-0.1, -0.05) is 24.3 Å². The molecule has 0 aromatic heterocycles. The zero-order chi connectivity index (χ0) is 30.4. The Bertz CT molecular complexity index is 1440. The fourth-order valence-corrected chi connectivity index (χ4v) is 6.04. The molecular formula is C26H33N5O9S. The van der Waals surface area contributed by atoms with Gasteiger partial charge < -0.3 is 19.7 Å². The van der Waals surface area contributed by atoms with E-state index in [4.69, 9.17) is 9.47 Å². The van der Waals surface area contributed by atoms with Gasteiger partial charge in [-0.05, 0) is 52.2 Å². The molecule has 0 aliphatic carbocycles. The number of anilines is 1. The number of hydrogen-bond donors (Lipinski definition) is 1. The second-order valence-corrected chi connectivity index (χ2v) is 11.9. The maximum Gasteiger partial charge on any atom is 0.407 e. The average molecular weight is 592 g/mol. The predicted molar refractivity (Wildman–Crippen MR) is 150 cm³/mol. The third kappa shape index (κ3) is 7.42. The van der Waals surface area contributed by atoms with Crippen molar-refractivity contribution in [2.24, 2.45) is 0 Å². The van der Waals surface area contributed by atoms with Crippen molar-refractivity contribution in [3.8, 4) is 0 Å². The number of amides is 1. The van der Waals surface area contributed by atoms with Crippen LogP contribution in [0, 0.1) is 20.2 Å². The molecule has 0 unspecified atom stereocenters. The molecule has 15 heteroatoms. The fourth-order valence-electron chi connectivity index (χ4n) is 4.38. The molecule has 1 aliphatic heterocycles. The van der Waals surface area contributed by atoms with Crippen molar-refractivity contribution in [1.82, 2.24) is 9.62 Å². The normalized spacial score (nSPS) is 13.9. The van der Waals surface area contributed by atoms with Crippen molar-refractivity contribution in [1.29, 1.82) is 0 Å². The van der Waals surface area contributed by atoms with Crippen LogP contribution in [0.5, 0.6) is 0 Å². The van der Waals surface area contributed by atoms with Gasteiger partial charge in [0.15, 0.2) is 4.90 Å². The highest BCUT2D eigenvalue weighted by Gasteiger charge is 2.38. The molecule has 0 radical (unpaired) electrons. The Morgan fingerprint density at radius 3 is 2.27 bits per heavy atom. The van der Waals surface area contributed by atoms with Crippen molar-refractivity contribution in [3.63, 3.8) is 0 Å². The van der Waals surface area contributed by atoms with Gasteiger partial charge in [0.05, 0.1) is 22.7 Å². The number of nitro benzene ring substituents is 2. The highest BCUT2D eigenvalue weighted by molar-refractivity contribution is 7.89. The number of carbonyl (C=O) groups excluding carboxylic acids is 1. The third-order valence-electron chi connectivity index (χ3n) is 5.99. The highest BCUT2D eigenvalue weighted by Crippen LogP contribution is 2.38. The van der Waals surface area contributed by atoms with Gasteiger partial charge in [0.1, 0.15) is 11.3 Å². The lowest BCUT2D eigenvalue weighted by Crippen LogP contribution is -2.40. The van der Waals surface area contributed by atoms with Crippen LogP contribution in [0.25, 0.3) is 0 Å². The van der Waals surface area contributed by atoms with Gasteiger partial charge in [-0.25, -0.2) is 17.5 Å². The summed E-state index contributed by atoms with van der Waals surface area (Å²) in [6, 6.07) is 11.0. The fraction of sp³-hybridized carbons (Fsp3) is 0.423. The summed E-state index contributed by atoms with van der Waals surface area (Å²) in [5.74, 6) is -0.104. The molecule has 1 aliphatic rings. The highest BCUT2D eigenvalue weighted by atomic mass is 32.2. The summed E-state index contributed by atoms with van der Waals surface area (Å²) in [6.45, 7) is 5.48. The molecule has 14 nitrogen and oxygen atoms in total. The summed E-state index contributed by atoms with van der Waals surface area (Å²) in [6.07, 6.45) is 0.307. The molecule has 222 valence electrons. The quantitative estimate of drug-likeness (QED) is 0.222. The number of rotatable bonds is 11. The summed E-state index contributed by atoms with van der Waals surface area (Å²) in [5, 5.41) is 26.2. The Morgan fingerprint density at radius 1 is 1.05 bits per heavy atom. The molecule has 0 bridgehead atoms. The monoisotopic (exact) mass is 591 g/mol. The summed E-state index contributed by atoms with van der Waals surface area (Å²) in [4.78, 5) is 35.4. The largest absolute Gasteiger partial charge is 0.480 e. The SMILES string of the molecule is COC1=C(N(CCCNC(=O)OC(C)(C)C)c2ccccc2[N+](=O)[O-])CCCN1S(=O)(=O)c1ccccc1[N+](=O)[O-]. The molecule has 2 aromatic rings. The number of sulfonamides is 1. The summed E-state index contributed by atoms with van der Waals surface area (Å²) >= 11 is 0. The van der Waals surface area contributed by atoms with E-state index in [0.29, 0.717) is 25.0 Å². The number of para-hydroxylation sites is 3. The number of allylic oxidation sites excluding steroid dienone is 1. The molecular weight excluding hydrogens is 558 g/mol. The summed E-state index contributed by atoms with van der Waals surface area (Å²) in [5.41, 5.74) is -0.950. The molecule has 0 saturated heterocycles. The third-order valence-corrected chi connectivity index (χ3v) is 7.82. The average Bonchev–Trinajstić information content (AvgIpc) is 2.91. The van der Waals surface area contributed by atoms with Crippen LogP contribution in [0.4, 0.5) is 21.9 Å². The zero-order valence-corrected chi connectivity index (χ0v) is 24.0. The van der Waals surface area contributed by atoms with Crippen molar-refractivity contribution < 1.29 is 32.5 Å². The van der Waals surface area contributed by atoms with Crippen LogP contribution in [-0.2, 0) is 19.5 Å². The number of nitro groups is 2. The van der Waals surface area contributed by atoms with Crippen LogP contribution in [0.3, 0.4) is 0 Å². The van der Waals surface area contributed by atoms with E-state index >= 15 is 0 Å². The Kier molecular flexibility index (Phi) is 9.75. The topological polar surface area (TPSA) is 174 Å². The molecule has 0 fully saturated rings. The maximum absolute atomic E-state index is 13.7. The lowest BCUT2D eigenvalue weighted by Gasteiger charge is -2.36. The van der Waals surface area contributed by atoms with Gasteiger partial charge in [-0.2, -0.15) is 0 Å². The van der Waals surface area contributed by atoms with E-state index < -0.39 is 42.1 Å². The molecule has 0 spiro atoms. The first-order valence-corrected chi connectivity index (χ1v) is 14.2. The van der Waals surface area contributed by atoms with E-state index in [0.717, 1.165) is 16.4 Å². The smallest absolute Gasteiger partial charge is 0.407 e. The number of carbonyl (C=O) groups is 1. The van der Waals surface area contributed by atoms with Crippen molar-refractivity contribution in [3.05, 3.63) is 80.3 Å². The number of hydrogen-bond acceptors (Lipinski definition) is 10. The van der Waals surface area contributed by atoms with Crippen molar-refractivity contribution in [2.75, 3.05) is 31.6 Å². The first kappa shape index (κ1) is 31.1. The van der Waals surface area contributed by atoms with Gasteiger partial charge in [0, 0.05) is 31.8 Å². The molecule has 41 heavy (non-hydrogen) atoms. The molecule has 1 amide bonds. The van der Waals surface area contributed by atoms with E-state index in [2.05, 4.69) is 5.32 Å². The second-order valence-electron chi connectivity index (χ2n) is 10.0. The van der Waals surface area contributed by atoms with Gasteiger partial charge in [0.25, 0.3) is 21.4 Å². The van der Waals surface area contributed by atoms with Gasteiger partial charge >= 0.3 is 6.09 Å². The molecule has 1 N–H and O–H groups in total. The Balaban J connectivity index is 2.05. The van der Waals surface area contributed by atoms with E-state index in [1.807, 2.05) is 0 Å². The van der Waals surface area contributed by atoms with Crippen LogP contribution in [-0.4, -0.2) is 61.0 Å². The maximum atomic E-state index is 13.7. The van der Waals surface area contributed by atoms with Crippen LogP contribution in [0.1, 0.15) is 40.0 Å². The molecule has 3 rings (SSSR count). The first-order valence-electron chi connectivity index (χ1n) is 12.8. The Morgan fingerprint density at radius 2 is 1.66 bits per heavy atom. The van der Waals surface area contributed by atoms with Crippen LogP contribution < -0.4 is 10.2 Å². The Labute approximate surface area is 237 Å². The number of alkyl carbamates (subject to hydrolysis) is 1. The van der Waals surface area contributed by atoms with Crippen LogP contribution >= 0.6 is 0 Å². The summed E-state index contributed by atoms with van der Waals surface area (Å²) < 4.78 is 39.2. The lowest BCUT2D eigenvalue weighted by atomic mass is 10.1. The molecule has 1 heterocycles. The van der Waals surface area contributed by atoms with Crippen molar-refractivity contribution in [2.45, 2.75) is 50.5 Å². The van der Waals surface area contributed by atoms with E-state index in [1.54, 1.807) is 31.7 Å². The number of nitrogens with one attached hydrogen (secondary N) is 1. The van der Waals surface area contributed by atoms with E-state index in [1.165, 1.54) is 37.4 Å². The first-order chi connectivity index (χ1) is 19.3. The van der Waals surface area contributed by atoms with E-state index in [9.17, 15) is 33.4 Å². The van der Waals surface area contributed by atoms with Gasteiger partial charge in [-0.3, -0.25) is 20.2 Å². The lowest BCUT2D eigenvalue weighted by molar-refractivity contribution is -0.387. The molecule has 0 atom stereocenters. The van der Waals surface area contributed by atoms with Gasteiger partial charge in [0.2, 0.25) is 5.88 Å². The minimum absolute atomic E-state index is 0.0218. The predicted octanol–water partition coefficient (Wildman–Crippen LogP) is 4.52. The standard InChI is InChI=1S/C26H33N5O9S/c1-26(2,3)40-25(32)27-16-10-17-28(19-11-5-6-12-20(19)30(33)34)22-14-9-18-29(24(22)39-4)41(37,38)23-15-8-7-13-21(23)31(35)36/h5-8,11-13,15H,9-10,14,16-18H2,1-4H3,(H,27,32). The minimum atomic E-state index is -4.45. The van der Waals surface area contributed by atoms with Gasteiger partial charge in [-0.15, -0.1) is 0 Å². The number of methoxy groups -OCH3 is 1. The minimum Gasteiger partial charge on any atom is -0.480 e. The molecule has 0 saturated carbocycles. The van der Waals surface area contributed by atoms with E-state index in [-0.39, 0.29) is 36.9 Å². The number of nitrogens with zero attached hydrogens (tertiary/aromatic N) is 4. The second kappa shape index (κ2) is 12.8. The Hall–Kier alpha value is -4.40. The van der Waals surface area contributed by atoms with Crippen LogP contribution in [0.15, 0.2) is 65.0 Å².